The Bertz CT molecular complexity index is 469. The van der Waals surface area contributed by atoms with Crippen LogP contribution < -0.4 is 10.6 Å². The predicted octanol–water partition coefficient (Wildman–Crippen LogP) is 3.00. The summed E-state index contributed by atoms with van der Waals surface area (Å²) >= 11 is 0. The minimum absolute atomic E-state index is 0. The molecule has 0 bridgehead atoms. The van der Waals surface area contributed by atoms with Gasteiger partial charge in [0.2, 0.25) is 5.91 Å². The fraction of sp³-hybridized carbons (Fsp3) is 0.562. The average molecular weight is 315 g/mol. The van der Waals surface area contributed by atoms with Crippen LogP contribution in [0.2, 0.25) is 0 Å². The molecule has 118 valence electrons. The van der Waals surface area contributed by atoms with Crippen molar-refractivity contribution in [2.24, 2.45) is 0 Å². The van der Waals surface area contributed by atoms with Gasteiger partial charge in [-0.1, -0.05) is 19.1 Å². The van der Waals surface area contributed by atoms with Gasteiger partial charge in [0.05, 0.1) is 0 Å². The Hall–Kier alpha value is -1.13. The summed E-state index contributed by atoms with van der Waals surface area (Å²) in [6.45, 7) is 5.04. The van der Waals surface area contributed by atoms with Crippen molar-refractivity contribution in [3.05, 3.63) is 35.6 Å². The lowest BCUT2D eigenvalue weighted by atomic mass is 9.96. The smallest absolute Gasteiger partial charge is 0.220 e. The highest BCUT2D eigenvalue weighted by atomic mass is 35.5. The maximum absolute atomic E-state index is 13.2. The quantitative estimate of drug-likeness (QED) is 0.897. The third kappa shape index (κ3) is 5.64. The van der Waals surface area contributed by atoms with Gasteiger partial charge >= 0.3 is 0 Å². The molecule has 1 aliphatic heterocycles. The zero-order valence-corrected chi connectivity index (χ0v) is 13.4. The second-order valence-corrected chi connectivity index (χ2v) is 5.80. The molecule has 0 radical (unpaired) electrons. The van der Waals surface area contributed by atoms with E-state index in [2.05, 4.69) is 17.6 Å². The van der Waals surface area contributed by atoms with Crippen molar-refractivity contribution < 1.29 is 9.18 Å². The molecule has 1 aliphatic rings. The van der Waals surface area contributed by atoms with E-state index in [9.17, 15) is 9.18 Å². The molecule has 2 N–H and O–H groups in total. The van der Waals surface area contributed by atoms with E-state index in [4.69, 9.17) is 0 Å². The molecule has 21 heavy (non-hydrogen) atoms. The van der Waals surface area contributed by atoms with Gasteiger partial charge in [0.1, 0.15) is 5.82 Å². The Kier molecular flexibility index (Phi) is 7.12. The van der Waals surface area contributed by atoms with E-state index in [0.29, 0.717) is 12.5 Å². The Morgan fingerprint density at radius 2 is 2.29 bits per heavy atom. The lowest BCUT2D eigenvalue weighted by molar-refractivity contribution is -0.122. The molecular weight excluding hydrogens is 291 g/mol. The number of rotatable bonds is 4. The van der Waals surface area contributed by atoms with E-state index in [1.165, 1.54) is 12.1 Å². The fourth-order valence-corrected chi connectivity index (χ4v) is 2.76. The van der Waals surface area contributed by atoms with Crippen molar-refractivity contribution in [1.29, 1.82) is 0 Å². The normalized spacial score (nSPS) is 23.0. The van der Waals surface area contributed by atoms with Gasteiger partial charge in [0.15, 0.2) is 0 Å². The average Bonchev–Trinajstić information content (AvgIpc) is 2.38. The van der Waals surface area contributed by atoms with E-state index >= 15 is 0 Å². The molecule has 1 amide bonds. The second-order valence-electron chi connectivity index (χ2n) is 5.80. The summed E-state index contributed by atoms with van der Waals surface area (Å²) < 4.78 is 13.2. The summed E-state index contributed by atoms with van der Waals surface area (Å²) in [5.74, 6) is -0.160. The second kappa shape index (κ2) is 8.35. The Balaban J connectivity index is 0.00000220. The van der Waals surface area contributed by atoms with Crippen LogP contribution in [0, 0.1) is 5.82 Å². The molecular formula is C16H24ClFN2O. The number of halogens is 2. The lowest BCUT2D eigenvalue weighted by Crippen LogP contribution is -2.46. The van der Waals surface area contributed by atoms with Gasteiger partial charge in [-0.2, -0.15) is 0 Å². The molecule has 3 atom stereocenters. The molecule has 0 aromatic heterocycles. The van der Waals surface area contributed by atoms with Gasteiger partial charge in [0.25, 0.3) is 0 Å². The van der Waals surface area contributed by atoms with E-state index < -0.39 is 0 Å². The van der Waals surface area contributed by atoms with E-state index in [-0.39, 0.29) is 36.1 Å². The van der Waals surface area contributed by atoms with Crippen molar-refractivity contribution in [2.75, 3.05) is 6.54 Å². The molecule has 3 unspecified atom stereocenters. The van der Waals surface area contributed by atoms with Crippen LogP contribution in [0.1, 0.15) is 44.6 Å². The van der Waals surface area contributed by atoms with E-state index in [0.717, 1.165) is 24.9 Å². The highest BCUT2D eigenvalue weighted by Crippen LogP contribution is 2.20. The summed E-state index contributed by atoms with van der Waals surface area (Å²) in [6.07, 6.45) is 2.35. The Morgan fingerprint density at radius 1 is 1.52 bits per heavy atom. The summed E-state index contributed by atoms with van der Waals surface area (Å²) in [5, 5.41) is 6.46. The first kappa shape index (κ1) is 17.9. The summed E-state index contributed by atoms with van der Waals surface area (Å²) in [6, 6.07) is 7.20. The predicted molar refractivity (Wildman–Crippen MR) is 85.3 cm³/mol. The van der Waals surface area contributed by atoms with Gasteiger partial charge in [-0.25, -0.2) is 4.39 Å². The monoisotopic (exact) mass is 314 g/mol. The molecule has 0 saturated carbocycles. The first-order chi connectivity index (χ1) is 9.54. The third-order valence-electron chi connectivity index (χ3n) is 3.90. The topological polar surface area (TPSA) is 41.1 Å². The molecule has 0 spiro atoms. The summed E-state index contributed by atoms with van der Waals surface area (Å²) in [5.41, 5.74) is 0.874. The Labute approximate surface area is 132 Å². The lowest BCUT2D eigenvalue weighted by Gasteiger charge is -2.29. The maximum Gasteiger partial charge on any atom is 0.220 e. The van der Waals surface area contributed by atoms with Crippen LogP contribution in [0.5, 0.6) is 0 Å². The van der Waals surface area contributed by atoms with Crippen LogP contribution in [-0.4, -0.2) is 24.5 Å². The van der Waals surface area contributed by atoms with Crippen LogP contribution >= 0.6 is 12.4 Å². The van der Waals surface area contributed by atoms with Crippen LogP contribution in [-0.2, 0) is 4.79 Å². The number of hydrogen-bond donors (Lipinski definition) is 2. The van der Waals surface area contributed by atoms with Crippen LogP contribution in [0.4, 0.5) is 4.39 Å². The molecule has 1 aromatic carbocycles. The van der Waals surface area contributed by atoms with Crippen molar-refractivity contribution in [3.63, 3.8) is 0 Å². The number of carbonyl (C=O) groups is 1. The van der Waals surface area contributed by atoms with Gasteiger partial charge in [-0.15, -0.1) is 12.4 Å². The molecule has 3 nitrogen and oxygen atoms in total. The van der Waals surface area contributed by atoms with E-state index in [1.54, 1.807) is 6.07 Å². The minimum Gasteiger partial charge on any atom is -0.353 e. The molecule has 0 aliphatic carbocycles. The molecule has 1 fully saturated rings. The molecule has 1 heterocycles. The van der Waals surface area contributed by atoms with Gasteiger partial charge < -0.3 is 10.6 Å². The zero-order chi connectivity index (χ0) is 14.5. The molecule has 1 aromatic rings. The standard InChI is InChI=1S/C16H23FN2O.ClH/c1-11(13-4-3-5-14(17)10-13)8-16(20)19-15-6-7-18-12(2)9-15;/h3-5,10-12,15,18H,6-9H2,1-2H3,(H,19,20);1H. The number of hydrogen-bond acceptors (Lipinski definition) is 2. The third-order valence-corrected chi connectivity index (χ3v) is 3.90. The van der Waals surface area contributed by atoms with Gasteiger partial charge in [-0.3, -0.25) is 4.79 Å². The van der Waals surface area contributed by atoms with Gasteiger partial charge in [0, 0.05) is 18.5 Å². The number of piperidine rings is 1. The Morgan fingerprint density at radius 3 is 2.95 bits per heavy atom. The van der Waals surface area contributed by atoms with Crippen LogP contribution in [0.25, 0.3) is 0 Å². The molecule has 5 heteroatoms. The van der Waals surface area contributed by atoms with Crippen molar-refractivity contribution in [2.45, 2.75) is 51.1 Å². The molecule has 1 saturated heterocycles. The minimum atomic E-state index is -0.248. The highest BCUT2D eigenvalue weighted by molar-refractivity contribution is 5.85. The van der Waals surface area contributed by atoms with Crippen molar-refractivity contribution in [3.8, 4) is 0 Å². The van der Waals surface area contributed by atoms with Crippen LogP contribution in [0.15, 0.2) is 24.3 Å². The SMILES string of the molecule is CC1CC(NC(=O)CC(C)c2cccc(F)c2)CCN1.Cl. The number of amides is 1. The maximum atomic E-state index is 13.2. The fourth-order valence-electron chi connectivity index (χ4n) is 2.76. The number of nitrogens with one attached hydrogen (secondary N) is 2. The zero-order valence-electron chi connectivity index (χ0n) is 12.6. The first-order valence-electron chi connectivity index (χ1n) is 7.33. The number of carbonyl (C=O) groups excluding carboxylic acids is 1. The highest BCUT2D eigenvalue weighted by Gasteiger charge is 2.21. The summed E-state index contributed by atoms with van der Waals surface area (Å²) in [4.78, 5) is 12.1. The van der Waals surface area contributed by atoms with Gasteiger partial charge in [-0.05, 0) is 49.9 Å². The largest absolute Gasteiger partial charge is 0.353 e. The summed E-state index contributed by atoms with van der Waals surface area (Å²) in [7, 11) is 0. The van der Waals surface area contributed by atoms with Crippen molar-refractivity contribution >= 4 is 18.3 Å². The number of benzene rings is 1. The van der Waals surface area contributed by atoms with Crippen molar-refractivity contribution in [1.82, 2.24) is 10.6 Å². The van der Waals surface area contributed by atoms with Crippen LogP contribution in [0.3, 0.4) is 0 Å². The first-order valence-corrected chi connectivity index (χ1v) is 7.33. The molecule has 2 rings (SSSR count). The van der Waals surface area contributed by atoms with E-state index in [1.807, 2.05) is 13.0 Å².